The number of carbonyl (C=O) groups is 1. The highest BCUT2D eigenvalue weighted by molar-refractivity contribution is 5.83. The Bertz CT molecular complexity index is 337. The van der Waals surface area contributed by atoms with Gasteiger partial charge in [-0.1, -0.05) is 6.92 Å². The molecule has 2 saturated heterocycles. The molecule has 2 aliphatic heterocycles. The van der Waals surface area contributed by atoms with Crippen LogP contribution in [0.3, 0.4) is 0 Å². The third kappa shape index (κ3) is 3.76. The molecule has 0 spiro atoms. The molecular formula is C16H31N3O2. The van der Waals surface area contributed by atoms with E-state index in [0.29, 0.717) is 12.6 Å². The number of likely N-dealkylation sites (N-methyl/N-ethyl adjacent to an activating group) is 2. The highest BCUT2D eigenvalue weighted by atomic mass is 16.5. The van der Waals surface area contributed by atoms with Gasteiger partial charge in [-0.05, 0) is 51.9 Å². The Balaban J connectivity index is 1.99. The van der Waals surface area contributed by atoms with Gasteiger partial charge in [0.1, 0.15) is 0 Å². The molecular weight excluding hydrogens is 266 g/mol. The maximum absolute atomic E-state index is 13.0. The van der Waals surface area contributed by atoms with E-state index >= 15 is 0 Å². The van der Waals surface area contributed by atoms with Gasteiger partial charge in [-0.15, -0.1) is 0 Å². The van der Waals surface area contributed by atoms with Crippen LogP contribution in [-0.2, 0) is 9.53 Å². The fourth-order valence-corrected chi connectivity index (χ4v) is 3.92. The van der Waals surface area contributed by atoms with E-state index in [9.17, 15) is 4.79 Å². The monoisotopic (exact) mass is 297 g/mol. The number of ether oxygens (including phenoxy) is 1. The summed E-state index contributed by atoms with van der Waals surface area (Å²) in [6.45, 7) is 7.68. The summed E-state index contributed by atoms with van der Waals surface area (Å²) >= 11 is 0. The summed E-state index contributed by atoms with van der Waals surface area (Å²) in [7, 11) is 3.67. The molecule has 0 aliphatic carbocycles. The Morgan fingerprint density at radius 3 is 2.76 bits per heavy atom. The van der Waals surface area contributed by atoms with Crippen LogP contribution in [0.4, 0.5) is 0 Å². The first-order valence-electron chi connectivity index (χ1n) is 8.32. The fraction of sp³-hybridized carbons (Fsp3) is 0.938. The second-order valence-corrected chi connectivity index (χ2v) is 6.57. The molecule has 0 aromatic heterocycles. The lowest BCUT2D eigenvalue weighted by atomic mass is 9.78. The second kappa shape index (κ2) is 7.56. The topological polar surface area (TPSA) is 44.8 Å². The summed E-state index contributed by atoms with van der Waals surface area (Å²) in [5, 5.41) is 3.35. The van der Waals surface area contributed by atoms with Gasteiger partial charge in [0.05, 0.1) is 12.0 Å². The van der Waals surface area contributed by atoms with Crippen LogP contribution in [0.5, 0.6) is 0 Å². The number of methoxy groups -OCH3 is 1. The molecule has 2 rings (SSSR count). The molecule has 2 fully saturated rings. The fourth-order valence-electron chi connectivity index (χ4n) is 3.92. The number of hydrogen-bond acceptors (Lipinski definition) is 4. The van der Waals surface area contributed by atoms with E-state index in [1.54, 1.807) is 7.11 Å². The highest BCUT2D eigenvalue weighted by Crippen LogP contribution is 2.32. The smallest absolute Gasteiger partial charge is 0.231 e. The van der Waals surface area contributed by atoms with E-state index in [4.69, 9.17) is 4.74 Å². The molecule has 0 saturated carbocycles. The van der Waals surface area contributed by atoms with Gasteiger partial charge in [0, 0.05) is 26.7 Å². The molecule has 0 aromatic carbocycles. The molecule has 1 amide bonds. The Kier molecular flexibility index (Phi) is 6.02. The quantitative estimate of drug-likeness (QED) is 0.793. The van der Waals surface area contributed by atoms with Crippen molar-refractivity contribution in [1.82, 2.24) is 15.1 Å². The van der Waals surface area contributed by atoms with Crippen LogP contribution in [0, 0.1) is 5.41 Å². The highest BCUT2D eigenvalue weighted by Gasteiger charge is 2.42. The average Bonchev–Trinajstić information content (AvgIpc) is 2.94. The Morgan fingerprint density at radius 2 is 2.14 bits per heavy atom. The number of hydrogen-bond donors (Lipinski definition) is 1. The molecule has 1 N–H and O–H groups in total. The minimum absolute atomic E-state index is 0.272. The van der Waals surface area contributed by atoms with Crippen molar-refractivity contribution in [2.45, 2.75) is 38.6 Å². The van der Waals surface area contributed by atoms with Gasteiger partial charge in [0.25, 0.3) is 0 Å². The van der Waals surface area contributed by atoms with Crippen molar-refractivity contribution in [2.75, 3.05) is 53.5 Å². The van der Waals surface area contributed by atoms with Gasteiger partial charge in [0.15, 0.2) is 0 Å². The van der Waals surface area contributed by atoms with Gasteiger partial charge in [-0.3, -0.25) is 9.69 Å². The first-order chi connectivity index (χ1) is 10.1. The van der Waals surface area contributed by atoms with Crippen LogP contribution in [0.1, 0.15) is 32.6 Å². The maximum Gasteiger partial charge on any atom is 0.231 e. The van der Waals surface area contributed by atoms with E-state index in [2.05, 4.69) is 17.1 Å². The molecule has 5 nitrogen and oxygen atoms in total. The van der Waals surface area contributed by atoms with E-state index in [-0.39, 0.29) is 11.3 Å². The molecule has 1 unspecified atom stereocenters. The van der Waals surface area contributed by atoms with Crippen molar-refractivity contribution < 1.29 is 9.53 Å². The summed E-state index contributed by atoms with van der Waals surface area (Å²) < 4.78 is 5.38. The average molecular weight is 297 g/mol. The van der Waals surface area contributed by atoms with E-state index < -0.39 is 0 Å². The van der Waals surface area contributed by atoms with Gasteiger partial charge >= 0.3 is 0 Å². The van der Waals surface area contributed by atoms with E-state index in [0.717, 1.165) is 39.0 Å². The third-order valence-electron chi connectivity index (χ3n) is 5.17. The number of piperidine rings is 1. The molecule has 5 heteroatoms. The summed E-state index contributed by atoms with van der Waals surface area (Å²) in [5.74, 6) is 0.272. The molecule has 0 radical (unpaired) electrons. The van der Waals surface area contributed by atoms with Gasteiger partial charge in [-0.25, -0.2) is 0 Å². The number of nitrogens with zero attached hydrogens (tertiary/aromatic N) is 2. The lowest BCUT2D eigenvalue weighted by molar-refractivity contribution is -0.146. The number of likely N-dealkylation sites (tertiary alicyclic amines) is 1. The van der Waals surface area contributed by atoms with E-state index in [1.165, 1.54) is 19.4 Å². The lowest BCUT2D eigenvalue weighted by Gasteiger charge is -2.39. The van der Waals surface area contributed by atoms with Crippen molar-refractivity contribution in [2.24, 2.45) is 5.41 Å². The molecule has 0 aromatic rings. The predicted molar refractivity (Wildman–Crippen MR) is 84.3 cm³/mol. The first-order valence-corrected chi connectivity index (χ1v) is 8.32. The van der Waals surface area contributed by atoms with Crippen molar-refractivity contribution >= 4 is 5.91 Å². The first kappa shape index (κ1) is 16.7. The Labute approximate surface area is 129 Å². The van der Waals surface area contributed by atoms with Crippen LogP contribution in [-0.4, -0.2) is 75.2 Å². The summed E-state index contributed by atoms with van der Waals surface area (Å²) in [4.78, 5) is 17.4. The van der Waals surface area contributed by atoms with Crippen LogP contribution >= 0.6 is 0 Å². The number of rotatable bonds is 6. The molecule has 2 aliphatic rings. The van der Waals surface area contributed by atoms with Crippen molar-refractivity contribution in [1.29, 1.82) is 0 Å². The molecule has 0 bridgehead atoms. The minimum atomic E-state index is -0.315. The number of nitrogens with one attached hydrogen (secondary N) is 1. The van der Waals surface area contributed by atoms with Crippen molar-refractivity contribution in [3.63, 3.8) is 0 Å². The molecule has 1 atom stereocenters. The van der Waals surface area contributed by atoms with Crippen LogP contribution in [0.2, 0.25) is 0 Å². The molecule has 2 heterocycles. The zero-order valence-electron chi connectivity index (χ0n) is 13.9. The number of carbonyl (C=O) groups excluding carboxylic acids is 1. The summed E-state index contributed by atoms with van der Waals surface area (Å²) in [6, 6.07) is 0.533. The van der Waals surface area contributed by atoms with Crippen LogP contribution < -0.4 is 5.32 Å². The second-order valence-electron chi connectivity index (χ2n) is 6.57. The van der Waals surface area contributed by atoms with Crippen molar-refractivity contribution in [3.8, 4) is 0 Å². The van der Waals surface area contributed by atoms with E-state index in [1.807, 2.05) is 11.9 Å². The van der Waals surface area contributed by atoms with Crippen LogP contribution in [0.15, 0.2) is 0 Å². The third-order valence-corrected chi connectivity index (χ3v) is 5.17. The largest absolute Gasteiger partial charge is 0.384 e. The lowest BCUT2D eigenvalue weighted by Crippen LogP contribution is -2.52. The molecule has 21 heavy (non-hydrogen) atoms. The standard InChI is InChI=1S/C16H31N3O2/c1-4-19-11-5-6-14(19)12-18(2)15(20)16(13-21-3)7-9-17-10-8-16/h14,17H,4-13H2,1-3H3. The zero-order chi connectivity index (χ0) is 15.3. The van der Waals surface area contributed by atoms with Gasteiger partial charge < -0.3 is 15.0 Å². The Hall–Kier alpha value is -0.650. The molecule has 122 valence electrons. The van der Waals surface area contributed by atoms with Crippen molar-refractivity contribution in [3.05, 3.63) is 0 Å². The summed E-state index contributed by atoms with van der Waals surface area (Å²) in [5.41, 5.74) is -0.315. The number of amides is 1. The zero-order valence-corrected chi connectivity index (χ0v) is 13.9. The van der Waals surface area contributed by atoms with Gasteiger partial charge in [0.2, 0.25) is 5.91 Å². The van der Waals surface area contributed by atoms with Crippen LogP contribution in [0.25, 0.3) is 0 Å². The summed E-state index contributed by atoms with van der Waals surface area (Å²) in [6.07, 6.45) is 4.23. The van der Waals surface area contributed by atoms with Gasteiger partial charge in [-0.2, -0.15) is 0 Å². The Morgan fingerprint density at radius 1 is 1.43 bits per heavy atom. The SMILES string of the molecule is CCN1CCCC1CN(C)C(=O)C1(COC)CCNCC1. The minimum Gasteiger partial charge on any atom is -0.384 e. The predicted octanol–water partition coefficient (Wildman–Crippen LogP) is 0.945. The normalized spacial score (nSPS) is 26.0. The maximum atomic E-state index is 13.0.